The summed E-state index contributed by atoms with van der Waals surface area (Å²) in [7, 11) is 1.58. The van der Waals surface area contributed by atoms with Gasteiger partial charge in [-0.3, -0.25) is 4.79 Å². The summed E-state index contributed by atoms with van der Waals surface area (Å²) in [5.41, 5.74) is 1.78. The first kappa shape index (κ1) is 16.0. The van der Waals surface area contributed by atoms with Crippen LogP contribution in [0, 0.1) is 0 Å². The number of carbonyl (C=O) groups excluding carboxylic acids is 1. The van der Waals surface area contributed by atoms with Gasteiger partial charge in [-0.2, -0.15) is 0 Å². The molecule has 2 rings (SSSR count). The quantitative estimate of drug-likeness (QED) is 0.757. The average molecular weight is 311 g/mol. The number of aliphatic carboxylic acids is 1. The second kappa shape index (κ2) is 7.56. The number of hydrogen-bond donors (Lipinski definition) is 2. The summed E-state index contributed by atoms with van der Waals surface area (Å²) in [5.74, 6) is -1.26. The lowest BCUT2D eigenvalue weighted by molar-refractivity contribution is -0.139. The number of carboxylic acids is 1. The molecule has 21 heavy (non-hydrogen) atoms. The van der Waals surface area contributed by atoms with E-state index in [4.69, 9.17) is 4.74 Å². The monoisotopic (exact) mass is 311 g/mol. The van der Waals surface area contributed by atoms with E-state index in [2.05, 4.69) is 5.32 Å². The molecular weight excluding hydrogens is 290 g/mol. The molecule has 0 bridgehead atoms. The zero-order chi connectivity index (χ0) is 15.2. The van der Waals surface area contributed by atoms with Crippen molar-refractivity contribution in [1.82, 2.24) is 5.32 Å². The number of thiophene rings is 1. The molecule has 0 saturated carbocycles. The van der Waals surface area contributed by atoms with E-state index in [1.165, 1.54) is 11.3 Å². The highest BCUT2D eigenvalue weighted by atomic mass is 32.1. The van der Waals surface area contributed by atoms with Gasteiger partial charge in [-0.25, -0.2) is 4.79 Å². The van der Waals surface area contributed by atoms with Crippen molar-refractivity contribution in [3.63, 3.8) is 0 Å². The fourth-order valence-electron chi connectivity index (χ4n) is 2.61. The number of hydrogen-bond acceptors (Lipinski definition) is 4. The first-order chi connectivity index (χ1) is 10.1. The molecule has 1 aromatic rings. The number of rotatable bonds is 7. The smallest absolute Gasteiger partial charge is 0.326 e. The number of nitrogens with one attached hydrogen (secondary N) is 1. The molecule has 0 fully saturated rings. The van der Waals surface area contributed by atoms with E-state index in [1.807, 2.05) is 5.38 Å². The van der Waals surface area contributed by atoms with Crippen LogP contribution < -0.4 is 5.32 Å². The molecule has 1 aliphatic rings. The summed E-state index contributed by atoms with van der Waals surface area (Å²) in [6.45, 7) is 0.494. The summed E-state index contributed by atoms with van der Waals surface area (Å²) in [6, 6.07) is -0.855. The summed E-state index contributed by atoms with van der Waals surface area (Å²) in [4.78, 5) is 24.8. The van der Waals surface area contributed by atoms with Gasteiger partial charge in [0.1, 0.15) is 6.04 Å². The molecule has 116 valence electrons. The Hall–Kier alpha value is -1.40. The van der Waals surface area contributed by atoms with Crippen LogP contribution in [0.2, 0.25) is 0 Å². The molecule has 5 nitrogen and oxygen atoms in total. The predicted octanol–water partition coefficient (Wildman–Crippen LogP) is 2.24. The number of amides is 1. The molecule has 0 radical (unpaired) electrons. The number of carboxylic acid groups (broad SMARTS) is 1. The van der Waals surface area contributed by atoms with Crippen LogP contribution in [0.4, 0.5) is 0 Å². The Bertz CT molecular complexity index is 512. The maximum atomic E-state index is 12.3. The van der Waals surface area contributed by atoms with Gasteiger partial charge in [0.2, 0.25) is 0 Å². The van der Waals surface area contributed by atoms with Crippen LogP contribution in [0.15, 0.2) is 5.38 Å². The van der Waals surface area contributed by atoms with E-state index in [-0.39, 0.29) is 5.91 Å². The molecule has 1 heterocycles. The summed E-state index contributed by atoms with van der Waals surface area (Å²) in [6.07, 6.45) is 5.20. The van der Waals surface area contributed by atoms with Crippen molar-refractivity contribution in [2.24, 2.45) is 0 Å². The third-order valence-corrected chi connectivity index (χ3v) is 4.84. The Morgan fingerprint density at radius 3 is 2.90 bits per heavy atom. The van der Waals surface area contributed by atoms with E-state index in [0.29, 0.717) is 25.0 Å². The van der Waals surface area contributed by atoms with Gasteiger partial charge < -0.3 is 15.2 Å². The van der Waals surface area contributed by atoms with Gasteiger partial charge in [-0.1, -0.05) is 0 Å². The average Bonchev–Trinajstić information content (AvgIpc) is 2.90. The van der Waals surface area contributed by atoms with Gasteiger partial charge in [0, 0.05) is 24.0 Å². The third kappa shape index (κ3) is 4.04. The fourth-order valence-corrected chi connectivity index (χ4v) is 3.74. The van der Waals surface area contributed by atoms with Crippen molar-refractivity contribution in [3.8, 4) is 0 Å². The molecule has 1 atom stereocenters. The molecule has 1 aliphatic carbocycles. The molecule has 0 saturated heterocycles. The first-order valence-corrected chi connectivity index (χ1v) is 8.13. The number of carbonyl (C=O) groups is 2. The molecule has 1 aromatic heterocycles. The highest BCUT2D eigenvalue weighted by Crippen LogP contribution is 2.30. The molecule has 0 spiro atoms. The van der Waals surface area contributed by atoms with Crippen LogP contribution in [0.25, 0.3) is 0 Å². The number of ether oxygens (including phenoxy) is 1. The molecule has 1 amide bonds. The minimum Gasteiger partial charge on any atom is -0.480 e. The van der Waals surface area contributed by atoms with Crippen molar-refractivity contribution in [1.29, 1.82) is 0 Å². The van der Waals surface area contributed by atoms with Gasteiger partial charge in [0.25, 0.3) is 5.91 Å². The summed E-state index contributed by atoms with van der Waals surface area (Å²) < 4.78 is 4.92. The highest BCUT2D eigenvalue weighted by Gasteiger charge is 2.24. The summed E-state index contributed by atoms with van der Waals surface area (Å²) in [5, 5.41) is 13.7. The SMILES string of the molecule is COCCCC(NC(=O)c1csc2c1CCCC2)C(=O)O. The molecule has 1 unspecified atom stereocenters. The van der Waals surface area contributed by atoms with Crippen LogP contribution in [0.5, 0.6) is 0 Å². The zero-order valence-corrected chi connectivity index (χ0v) is 13.0. The highest BCUT2D eigenvalue weighted by molar-refractivity contribution is 7.10. The predicted molar refractivity (Wildman–Crippen MR) is 81.0 cm³/mol. The number of aryl methyl sites for hydroxylation is 1. The number of methoxy groups -OCH3 is 1. The van der Waals surface area contributed by atoms with Gasteiger partial charge in [-0.05, 0) is 44.1 Å². The second-order valence-electron chi connectivity index (χ2n) is 5.26. The largest absolute Gasteiger partial charge is 0.480 e. The Balaban J connectivity index is 2.01. The van der Waals surface area contributed by atoms with Crippen LogP contribution in [-0.2, 0) is 22.4 Å². The van der Waals surface area contributed by atoms with Crippen molar-refractivity contribution < 1.29 is 19.4 Å². The van der Waals surface area contributed by atoms with Crippen molar-refractivity contribution >= 4 is 23.2 Å². The minimum atomic E-state index is -0.997. The number of fused-ring (bicyclic) bond motifs is 1. The molecule has 0 aromatic carbocycles. The Morgan fingerprint density at radius 2 is 2.19 bits per heavy atom. The van der Waals surface area contributed by atoms with Crippen LogP contribution in [-0.4, -0.2) is 36.7 Å². The fraction of sp³-hybridized carbons (Fsp3) is 0.600. The molecular formula is C15H21NO4S. The first-order valence-electron chi connectivity index (χ1n) is 7.25. The van der Waals surface area contributed by atoms with E-state index < -0.39 is 12.0 Å². The Kier molecular flexibility index (Phi) is 5.76. The van der Waals surface area contributed by atoms with Crippen LogP contribution >= 0.6 is 11.3 Å². The van der Waals surface area contributed by atoms with Crippen molar-refractivity contribution in [2.45, 2.75) is 44.6 Å². The van der Waals surface area contributed by atoms with Gasteiger partial charge in [0.15, 0.2) is 0 Å². The Labute approximate surface area is 128 Å². The van der Waals surface area contributed by atoms with E-state index >= 15 is 0 Å². The molecule has 6 heteroatoms. The third-order valence-electron chi connectivity index (χ3n) is 3.75. The van der Waals surface area contributed by atoms with Crippen molar-refractivity contribution in [2.75, 3.05) is 13.7 Å². The van der Waals surface area contributed by atoms with E-state index in [0.717, 1.165) is 24.8 Å². The van der Waals surface area contributed by atoms with E-state index in [9.17, 15) is 14.7 Å². The standard InChI is InChI=1S/C15H21NO4S/c1-20-8-4-6-12(15(18)19)16-14(17)11-9-21-13-7-3-2-5-10(11)13/h9,12H,2-8H2,1H3,(H,16,17)(H,18,19). The molecule has 2 N–H and O–H groups in total. The normalized spacial score (nSPS) is 15.3. The van der Waals surface area contributed by atoms with Gasteiger partial charge >= 0.3 is 5.97 Å². The van der Waals surface area contributed by atoms with Crippen LogP contribution in [0.3, 0.4) is 0 Å². The Morgan fingerprint density at radius 1 is 1.43 bits per heavy atom. The topological polar surface area (TPSA) is 75.6 Å². The van der Waals surface area contributed by atoms with Crippen LogP contribution in [0.1, 0.15) is 46.5 Å². The zero-order valence-electron chi connectivity index (χ0n) is 12.2. The minimum absolute atomic E-state index is 0.265. The van der Waals surface area contributed by atoms with E-state index in [1.54, 1.807) is 18.4 Å². The lowest BCUT2D eigenvalue weighted by Gasteiger charge is -2.16. The van der Waals surface area contributed by atoms with Crippen molar-refractivity contribution in [3.05, 3.63) is 21.4 Å². The maximum absolute atomic E-state index is 12.3. The summed E-state index contributed by atoms with van der Waals surface area (Å²) >= 11 is 1.61. The lowest BCUT2D eigenvalue weighted by atomic mass is 9.95. The molecule has 0 aliphatic heterocycles. The second-order valence-corrected chi connectivity index (χ2v) is 6.22. The van der Waals surface area contributed by atoms with Gasteiger partial charge in [-0.15, -0.1) is 11.3 Å². The van der Waals surface area contributed by atoms with Gasteiger partial charge in [0.05, 0.1) is 5.56 Å². The lowest BCUT2D eigenvalue weighted by Crippen LogP contribution is -2.41. The maximum Gasteiger partial charge on any atom is 0.326 e.